The van der Waals surface area contributed by atoms with E-state index in [-0.39, 0.29) is 16.7 Å². The van der Waals surface area contributed by atoms with Gasteiger partial charge in [0.1, 0.15) is 5.71 Å². The van der Waals surface area contributed by atoms with Crippen molar-refractivity contribution in [2.45, 2.75) is 6.92 Å². The number of hydrazone groups is 1. The van der Waals surface area contributed by atoms with Crippen LogP contribution in [0.1, 0.15) is 6.92 Å². The Morgan fingerprint density at radius 3 is 2.53 bits per heavy atom. The second-order valence-electron chi connectivity index (χ2n) is 3.13. The minimum Gasteiger partial charge on any atom is -0.375 e. The Balaban J connectivity index is 2.63. The van der Waals surface area contributed by atoms with E-state index in [2.05, 4.69) is 44.0 Å². The minimum atomic E-state index is -0.323. The Hall–Kier alpha value is -1.47. The maximum atomic E-state index is 11.6. The molecule has 1 aromatic rings. The summed E-state index contributed by atoms with van der Waals surface area (Å²) in [5, 5.41) is 6.41. The molecule has 0 spiro atoms. The number of nitrogens with two attached hydrogens (primary N) is 1. The highest BCUT2D eigenvalue weighted by molar-refractivity contribution is 9.10. The molecule has 5 nitrogen and oxygen atoms in total. The van der Waals surface area contributed by atoms with E-state index in [1.54, 1.807) is 19.1 Å². The van der Waals surface area contributed by atoms with Gasteiger partial charge in [-0.3, -0.25) is 10.2 Å². The molecule has 0 bridgehead atoms. The Morgan fingerprint density at radius 2 is 2.00 bits per heavy atom. The first kappa shape index (κ1) is 13.6. The van der Waals surface area contributed by atoms with Crippen molar-refractivity contribution < 1.29 is 4.79 Å². The van der Waals surface area contributed by atoms with Crippen molar-refractivity contribution in [2.24, 2.45) is 10.8 Å². The molecule has 0 unspecified atom stereocenters. The van der Waals surface area contributed by atoms with Crippen molar-refractivity contribution in [3.05, 3.63) is 28.7 Å². The summed E-state index contributed by atoms with van der Waals surface area (Å²) in [4.78, 5) is 11.6. The molecule has 90 valence electrons. The van der Waals surface area contributed by atoms with Crippen molar-refractivity contribution in [2.75, 3.05) is 5.32 Å². The third kappa shape index (κ3) is 4.92. The van der Waals surface area contributed by atoms with Crippen LogP contribution in [0.15, 0.2) is 33.8 Å². The highest BCUT2D eigenvalue weighted by Crippen LogP contribution is 2.13. The monoisotopic (exact) mass is 314 g/mol. The molecular formula is C10H11BrN4OS. The number of rotatable bonds is 3. The highest BCUT2D eigenvalue weighted by atomic mass is 79.9. The molecule has 0 saturated heterocycles. The van der Waals surface area contributed by atoms with Crippen LogP contribution in [0.5, 0.6) is 0 Å². The summed E-state index contributed by atoms with van der Waals surface area (Å²) in [6.07, 6.45) is 0. The second kappa shape index (κ2) is 6.31. The van der Waals surface area contributed by atoms with Gasteiger partial charge in [0, 0.05) is 10.2 Å². The van der Waals surface area contributed by atoms with E-state index in [4.69, 9.17) is 5.73 Å². The Bertz CT molecular complexity index is 458. The summed E-state index contributed by atoms with van der Waals surface area (Å²) in [5.74, 6) is -0.323. The van der Waals surface area contributed by atoms with E-state index in [0.717, 1.165) is 4.47 Å². The lowest BCUT2D eigenvalue weighted by Crippen LogP contribution is -2.28. The molecule has 1 amide bonds. The number of carbonyl (C=O) groups is 1. The maximum Gasteiger partial charge on any atom is 0.271 e. The summed E-state index contributed by atoms with van der Waals surface area (Å²) in [6.45, 7) is 1.56. The van der Waals surface area contributed by atoms with Gasteiger partial charge in [-0.2, -0.15) is 5.10 Å². The lowest BCUT2D eigenvalue weighted by Gasteiger charge is -2.05. The number of amides is 1. The third-order valence-electron chi connectivity index (χ3n) is 1.76. The maximum absolute atomic E-state index is 11.6. The van der Waals surface area contributed by atoms with Gasteiger partial charge in [0.15, 0.2) is 5.11 Å². The van der Waals surface area contributed by atoms with Gasteiger partial charge in [-0.1, -0.05) is 15.9 Å². The van der Waals surface area contributed by atoms with Gasteiger partial charge in [0.2, 0.25) is 0 Å². The fourth-order valence-corrected chi connectivity index (χ4v) is 1.25. The first-order chi connectivity index (χ1) is 7.99. The number of benzene rings is 1. The first-order valence-electron chi connectivity index (χ1n) is 4.65. The van der Waals surface area contributed by atoms with Crippen molar-refractivity contribution >= 4 is 50.6 Å². The van der Waals surface area contributed by atoms with Crippen LogP contribution < -0.4 is 16.5 Å². The van der Waals surface area contributed by atoms with E-state index in [1.165, 1.54) is 0 Å². The molecule has 0 aliphatic carbocycles. The molecule has 0 fully saturated rings. The van der Waals surface area contributed by atoms with E-state index in [0.29, 0.717) is 5.69 Å². The molecule has 0 saturated carbocycles. The lowest BCUT2D eigenvalue weighted by atomic mass is 10.3. The molecule has 4 N–H and O–H groups in total. The van der Waals surface area contributed by atoms with Crippen LogP contribution in [0.3, 0.4) is 0 Å². The molecule has 7 heteroatoms. The van der Waals surface area contributed by atoms with Gasteiger partial charge in [-0.25, -0.2) is 0 Å². The molecule has 0 atom stereocenters. The molecule has 17 heavy (non-hydrogen) atoms. The van der Waals surface area contributed by atoms with Crippen LogP contribution in [0.25, 0.3) is 0 Å². The fourth-order valence-electron chi connectivity index (χ4n) is 0.944. The Labute approximate surface area is 113 Å². The zero-order valence-electron chi connectivity index (χ0n) is 9.03. The highest BCUT2D eigenvalue weighted by Gasteiger charge is 2.06. The van der Waals surface area contributed by atoms with Crippen LogP contribution in [-0.2, 0) is 4.79 Å². The van der Waals surface area contributed by atoms with Gasteiger partial charge in [-0.15, -0.1) is 0 Å². The molecule has 0 heterocycles. The molecule has 0 radical (unpaired) electrons. The number of halogens is 1. The second-order valence-corrected chi connectivity index (χ2v) is 4.49. The smallest absolute Gasteiger partial charge is 0.271 e. The molecule has 1 aromatic carbocycles. The molecule has 0 aliphatic heterocycles. The Kier molecular flexibility index (Phi) is 5.05. The van der Waals surface area contributed by atoms with Crippen molar-refractivity contribution in [3.8, 4) is 0 Å². The topological polar surface area (TPSA) is 79.5 Å². The summed E-state index contributed by atoms with van der Waals surface area (Å²) in [7, 11) is 0. The number of nitrogens with zero attached hydrogens (tertiary/aromatic N) is 1. The van der Waals surface area contributed by atoms with Crippen molar-refractivity contribution in [1.82, 2.24) is 5.43 Å². The number of hydrogen-bond acceptors (Lipinski definition) is 3. The van der Waals surface area contributed by atoms with Crippen LogP contribution in [0.4, 0.5) is 5.69 Å². The summed E-state index contributed by atoms with van der Waals surface area (Å²) in [5.41, 5.74) is 8.46. The summed E-state index contributed by atoms with van der Waals surface area (Å²) < 4.78 is 0.941. The number of thiocarbonyl (C=S) groups is 1. The van der Waals surface area contributed by atoms with Gasteiger partial charge in [-0.05, 0) is 43.4 Å². The zero-order chi connectivity index (χ0) is 12.8. The fraction of sp³-hybridized carbons (Fsp3) is 0.100. The van der Waals surface area contributed by atoms with Gasteiger partial charge in [0.25, 0.3) is 5.91 Å². The van der Waals surface area contributed by atoms with Crippen LogP contribution >= 0.6 is 28.1 Å². The third-order valence-corrected chi connectivity index (χ3v) is 2.38. The lowest BCUT2D eigenvalue weighted by molar-refractivity contribution is -0.110. The first-order valence-corrected chi connectivity index (χ1v) is 5.86. The number of carbonyl (C=O) groups excluding carboxylic acids is 1. The van der Waals surface area contributed by atoms with Gasteiger partial charge in [0.05, 0.1) is 0 Å². The summed E-state index contributed by atoms with van der Waals surface area (Å²) in [6, 6.07) is 7.21. The average Bonchev–Trinajstić information content (AvgIpc) is 2.28. The molecular weight excluding hydrogens is 304 g/mol. The average molecular weight is 315 g/mol. The van der Waals surface area contributed by atoms with Gasteiger partial charge < -0.3 is 11.1 Å². The normalized spacial score (nSPS) is 10.8. The van der Waals surface area contributed by atoms with E-state index in [1.807, 2.05) is 12.1 Å². The molecule has 0 aromatic heterocycles. The largest absolute Gasteiger partial charge is 0.375 e. The van der Waals surface area contributed by atoms with Crippen molar-refractivity contribution in [1.29, 1.82) is 0 Å². The van der Waals surface area contributed by atoms with Crippen LogP contribution in [-0.4, -0.2) is 16.7 Å². The minimum absolute atomic E-state index is 0.0146. The SMILES string of the molecule is C/C(=N/NC(N)=S)C(=O)Nc1ccc(Br)cc1. The molecule has 1 rings (SSSR count). The van der Waals surface area contributed by atoms with Crippen LogP contribution in [0, 0.1) is 0 Å². The zero-order valence-corrected chi connectivity index (χ0v) is 11.4. The standard InChI is InChI=1S/C10H11BrN4OS/c1-6(14-15-10(12)17)9(16)13-8-4-2-7(11)3-5-8/h2-5H,1H3,(H,13,16)(H3,12,15,17)/b14-6-. The quantitative estimate of drug-likeness (QED) is 0.450. The van der Waals surface area contributed by atoms with Crippen LogP contribution in [0.2, 0.25) is 0 Å². The molecule has 0 aliphatic rings. The predicted molar refractivity (Wildman–Crippen MR) is 75.8 cm³/mol. The van der Waals surface area contributed by atoms with E-state index in [9.17, 15) is 4.79 Å². The van der Waals surface area contributed by atoms with Crippen molar-refractivity contribution in [3.63, 3.8) is 0 Å². The number of anilines is 1. The summed E-state index contributed by atoms with van der Waals surface area (Å²) >= 11 is 7.87. The van der Waals surface area contributed by atoms with E-state index >= 15 is 0 Å². The van der Waals surface area contributed by atoms with Gasteiger partial charge >= 0.3 is 0 Å². The predicted octanol–water partition coefficient (Wildman–Crippen LogP) is 1.60. The Morgan fingerprint density at radius 1 is 1.41 bits per heavy atom. The number of nitrogens with one attached hydrogen (secondary N) is 2. The number of hydrogen-bond donors (Lipinski definition) is 3. The van der Waals surface area contributed by atoms with E-state index < -0.39 is 0 Å².